The van der Waals surface area contributed by atoms with Gasteiger partial charge in [0, 0.05) is 5.38 Å². The molecular weight excluding hydrogens is 188 g/mol. The zero-order valence-electron chi connectivity index (χ0n) is 7.36. The molecule has 0 saturated heterocycles. The number of carbonyl (C=O) groups is 1. The van der Waals surface area contributed by atoms with Gasteiger partial charge in [-0.15, -0.1) is 11.3 Å². The highest BCUT2D eigenvalue weighted by Crippen LogP contribution is 2.18. The van der Waals surface area contributed by atoms with Crippen LogP contribution < -0.4 is 5.73 Å². The number of nitrogens with zero attached hydrogens (tertiary/aromatic N) is 1. The molecule has 0 radical (unpaired) electrons. The molecule has 1 unspecified atom stereocenters. The van der Waals surface area contributed by atoms with Crippen LogP contribution in [0.1, 0.15) is 30.1 Å². The molecule has 1 aromatic heterocycles. The van der Waals surface area contributed by atoms with Gasteiger partial charge in [-0.3, -0.25) is 4.79 Å². The van der Waals surface area contributed by atoms with Crippen LogP contribution in [0.4, 0.5) is 0 Å². The van der Waals surface area contributed by atoms with Crippen LogP contribution in [0.15, 0.2) is 5.38 Å². The third-order valence-electron chi connectivity index (χ3n) is 1.66. The van der Waals surface area contributed by atoms with Gasteiger partial charge in [-0.05, 0) is 6.42 Å². The summed E-state index contributed by atoms with van der Waals surface area (Å²) in [6, 6.07) is -0.0625. The highest BCUT2D eigenvalue weighted by molar-refractivity contribution is 7.09. The monoisotopic (exact) mass is 200 g/mol. The second-order valence-corrected chi connectivity index (χ2v) is 3.65. The second-order valence-electron chi connectivity index (χ2n) is 2.76. The summed E-state index contributed by atoms with van der Waals surface area (Å²) in [7, 11) is 0. The lowest BCUT2D eigenvalue weighted by atomic mass is 10.2. The second kappa shape index (κ2) is 4.34. The van der Waals surface area contributed by atoms with Gasteiger partial charge >= 0.3 is 5.97 Å². The minimum atomic E-state index is -0.859. The molecule has 72 valence electrons. The molecule has 3 N–H and O–H groups in total. The van der Waals surface area contributed by atoms with E-state index in [0.717, 1.165) is 11.4 Å². The molecule has 1 atom stereocenters. The Morgan fingerprint density at radius 2 is 2.54 bits per heavy atom. The van der Waals surface area contributed by atoms with Crippen molar-refractivity contribution in [1.29, 1.82) is 0 Å². The minimum absolute atomic E-state index is 0.0209. The van der Waals surface area contributed by atoms with Crippen molar-refractivity contribution in [2.24, 2.45) is 5.73 Å². The van der Waals surface area contributed by atoms with Crippen LogP contribution in [0.3, 0.4) is 0 Å². The van der Waals surface area contributed by atoms with Gasteiger partial charge in [-0.25, -0.2) is 4.98 Å². The SMILES string of the molecule is CCC(N)c1nc(CC(=O)O)cs1. The lowest BCUT2D eigenvalue weighted by molar-refractivity contribution is -0.136. The van der Waals surface area contributed by atoms with Crippen LogP contribution in [-0.2, 0) is 11.2 Å². The molecule has 0 aliphatic heterocycles. The minimum Gasteiger partial charge on any atom is -0.481 e. The smallest absolute Gasteiger partial charge is 0.309 e. The van der Waals surface area contributed by atoms with Gasteiger partial charge in [0.2, 0.25) is 0 Å². The zero-order chi connectivity index (χ0) is 9.84. The van der Waals surface area contributed by atoms with Crippen LogP contribution in [0.5, 0.6) is 0 Å². The summed E-state index contributed by atoms with van der Waals surface area (Å²) >= 11 is 1.42. The fraction of sp³-hybridized carbons (Fsp3) is 0.500. The van der Waals surface area contributed by atoms with E-state index in [0.29, 0.717) is 5.69 Å². The van der Waals surface area contributed by atoms with Crippen molar-refractivity contribution >= 4 is 17.3 Å². The highest BCUT2D eigenvalue weighted by atomic mass is 32.1. The van der Waals surface area contributed by atoms with Crippen LogP contribution in [-0.4, -0.2) is 16.1 Å². The molecular formula is C8H12N2O2S. The van der Waals surface area contributed by atoms with E-state index in [1.165, 1.54) is 11.3 Å². The topological polar surface area (TPSA) is 76.2 Å². The third-order valence-corrected chi connectivity index (χ3v) is 2.68. The molecule has 0 spiro atoms. The lowest BCUT2D eigenvalue weighted by Gasteiger charge is -2.01. The number of aromatic nitrogens is 1. The first-order valence-corrected chi connectivity index (χ1v) is 4.93. The third kappa shape index (κ3) is 2.78. The molecule has 0 bridgehead atoms. The lowest BCUT2D eigenvalue weighted by Crippen LogP contribution is -2.08. The number of hydrogen-bond acceptors (Lipinski definition) is 4. The molecule has 0 aliphatic rings. The van der Waals surface area contributed by atoms with Crippen LogP contribution >= 0.6 is 11.3 Å². The van der Waals surface area contributed by atoms with Gasteiger partial charge in [-0.2, -0.15) is 0 Å². The average molecular weight is 200 g/mol. The Morgan fingerprint density at radius 3 is 3.08 bits per heavy atom. The van der Waals surface area contributed by atoms with E-state index >= 15 is 0 Å². The van der Waals surface area contributed by atoms with Crippen molar-refractivity contribution in [2.45, 2.75) is 25.8 Å². The maximum absolute atomic E-state index is 10.4. The van der Waals surface area contributed by atoms with Gasteiger partial charge in [0.1, 0.15) is 5.01 Å². The molecule has 13 heavy (non-hydrogen) atoms. The first-order valence-electron chi connectivity index (χ1n) is 4.05. The predicted molar refractivity (Wildman–Crippen MR) is 50.7 cm³/mol. The Morgan fingerprint density at radius 1 is 1.85 bits per heavy atom. The molecule has 1 aromatic rings. The molecule has 0 saturated carbocycles. The summed E-state index contributed by atoms with van der Waals surface area (Å²) in [5, 5.41) is 11.1. The number of hydrogen-bond donors (Lipinski definition) is 2. The van der Waals surface area contributed by atoms with E-state index in [4.69, 9.17) is 10.8 Å². The summed E-state index contributed by atoms with van der Waals surface area (Å²) < 4.78 is 0. The van der Waals surface area contributed by atoms with Gasteiger partial charge in [0.15, 0.2) is 0 Å². The Balaban J connectivity index is 2.68. The van der Waals surface area contributed by atoms with Gasteiger partial charge < -0.3 is 10.8 Å². The van der Waals surface area contributed by atoms with E-state index in [-0.39, 0.29) is 12.5 Å². The quantitative estimate of drug-likeness (QED) is 0.765. The van der Waals surface area contributed by atoms with E-state index in [1.54, 1.807) is 5.38 Å². The number of carboxylic acid groups (broad SMARTS) is 1. The number of aliphatic carboxylic acids is 1. The van der Waals surface area contributed by atoms with E-state index in [9.17, 15) is 4.79 Å². The summed E-state index contributed by atoms with van der Waals surface area (Å²) in [5.41, 5.74) is 6.33. The molecule has 1 heterocycles. The van der Waals surface area contributed by atoms with E-state index < -0.39 is 5.97 Å². The van der Waals surface area contributed by atoms with Crippen LogP contribution in [0.25, 0.3) is 0 Å². The van der Waals surface area contributed by atoms with Crippen molar-refractivity contribution in [2.75, 3.05) is 0 Å². The van der Waals surface area contributed by atoms with Crippen molar-refractivity contribution in [1.82, 2.24) is 4.98 Å². The van der Waals surface area contributed by atoms with Gasteiger partial charge in [0.25, 0.3) is 0 Å². The molecule has 0 aromatic carbocycles. The summed E-state index contributed by atoms with van der Waals surface area (Å²) in [4.78, 5) is 14.5. The zero-order valence-corrected chi connectivity index (χ0v) is 8.17. The van der Waals surface area contributed by atoms with Crippen molar-refractivity contribution in [3.05, 3.63) is 16.1 Å². The van der Waals surface area contributed by atoms with Crippen LogP contribution in [0, 0.1) is 0 Å². The average Bonchev–Trinajstić information content (AvgIpc) is 2.50. The Labute approximate surface area is 80.4 Å². The maximum Gasteiger partial charge on any atom is 0.309 e. The van der Waals surface area contributed by atoms with Crippen molar-refractivity contribution < 1.29 is 9.90 Å². The van der Waals surface area contributed by atoms with Crippen LogP contribution in [0.2, 0.25) is 0 Å². The van der Waals surface area contributed by atoms with Gasteiger partial charge in [0.05, 0.1) is 18.2 Å². The first-order chi connectivity index (χ1) is 6.13. The highest BCUT2D eigenvalue weighted by Gasteiger charge is 2.10. The number of nitrogens with two attached hydrogens (primary N) is 1. The normalized spacial score (nSPS) is 12.8. The fourth-order valence-electron chi connectivity index (χ4n) is 0.904. The summed E-state index contributed by atoms with van der Waals surface area (Å²) in [6.07, 6.45) is 0.799. The van der Waals surface area contributed by atoms with Crippen molar-refractivity contribution in [3.8, 4) is 0 Å². The fourth-order valence-corrected chi connectivity index (χ4v) is 1.81. The molecule has 5 heteroatoms. The number of thiazole rings is 1. The number of carboxylic acids is 1. The molecule has 1 rings (SSSR count). The predicted octanol–water partition coefficient (Wildman–Crippen LogP) is 1.18. The largest absolute Gasteiger partial charge is 0.481 e. The number of rotatable bonds is 4. The van der Waals surface area contributed by atoms with Crippen molar-refractivity contribution in [3.63, 3.8) is 0 Å². The van der Waals surface area contributed by atoms with E-state index in [2.05, 4.69) is 4.98 Å². The molecule has 0 aliphatic carbocycles. The Bertz CT molecular complexity index is 298. The van der Waals surface area contributed by atoms with Gasteiger partial charge in [-0.1, -0.05) is 6.92 Å². The van der Waals surface area contributed by atoms with E-state index in [1.807, 2.05) is 6.92 Å². The summed E-state index contributed by atoms with van der Waals surface area (Å²) in [6.45, 7) is 1.98. The maximum atomic E-state index is 10.4. The summed E-state index contributed by atoms with van der Waals surface area (Å²) in [5.74, 6) is -0.859. The standard InChI is InChI=1S/C8H12N2O2S/c1-2-6(9)8-10-5(4-13-8)3-7(11)12/h4,6H,2-3,9H2,1H3,(H,11,12). The molecule has 0 fully saturated rings. The molecule has 0 amide bonds. The Hall–Kier alpha value is -0.940. The Kier molecular flexibility index (Phi) is 3.39. The first kappa shape index (κ1) is 10.1. The molecule has 4 nitrogen and oxygen atoms in total.